The van der Waals surface area contributed by atoms with Gasteiger partial charge in [-0.2, -0.15) is 5.10 Å². The van der Waals surface area contributed by atoms with Crippen LogP contribution >= 0.6 is 27.3 Å². The number of benzene rings is 1. The lowest BCUT2D eigenvalue weighted by Crippen LogP contribution is -2.22. The molecule has 0 bridgehead atoms. The summed E-state index contributed by atoms with van der Waals surface area (Å²) in [4.78, 5) is 29.3. The van der Waals surface area contributed by atoms with E-state index in [0.29, 0.717) is 16.5 Å². The molecule has 3 N–H and O–H groups in total. The molecule has 3 aromatic heterocycles. The molecule has 4 rings (SSSR count). The first kappa shape index (κ1) is 23.0. The summed E-state index contributed by atoms with van der Waals surface area (Å²) in [7, 11) is 0. The fourth-order valence-corrected chi connectivity index (χ4v) is 4.81. The number of amides is 2. The van der Waals surface area contributed by atoms with E-state index in [1.54, 1.807) is 30.3 Å². The van der Waals surface area contributed by atoms with Crippen LogP contribution in [0.25, 0.3) is 21.3 Å². The molecule has 0 aliphatic rings. The van der Waals surface area contributed by atoms with Crippen molar-refractivity contribution in [1.82, 2.24) is 14.8 Å². The van der Waals surface area contributed by atoms with E-state index in [9.17, 15) is 18.4 Å². The minimum Gasteiger partial charge on any atom is -0.365 e. The summed E-state index contributed by atoms with van der Waals surface area (Å²) < 4.78 is 29.4. The van der Waals surface area contributed by atoms with Crippen molar-refractivity contribution in [1.29, 1.82) is 0 Å². The number of alkyl halides is 2. The number of nitrogens with one attached hydrogen (secondary N) is 1. The zero-order chi connectivity index (χ0) is 23.9. The monoisotopic (exact) mass is 533 g/mol. The molecule has 3 heterocycles. The van der Waals surface area contributed by atoms with Crippen molar-refractivity contribution in [3.05, 3.63) is 62.8 Å². The Kier molecular flexibility index (Phi) is 6.26. The number of halogens is 3. The van der Waals surface area contributed by atoms with Gasteiger partial charge in [0.05, 0.1) is 21.5 Å². The Morgan fingerprint density at radius 2 is 1.94 bits per heavy atom. The number of carbonyl (C=O) groups is 2. The second-order valence-electron chi connectivity index (χ2n) is 7.30. The summed E-state index contributed by atoms with van der Waals surface area (Å²) in [6.07, 6.45) is -2.81. The highest BCUT2D eigenvalue weighted by Gasteiger charge is 2.25. The van der Waals surface area contributed by atoms with Gasteiger partial charge in [0.25, 0.3) is 12.3 Å². The minimum absolute atomic E-state index is 0.0315. The lowest BCUT2D eigenvalue weighted by molar-refractivity contribution is -0.116. The van der Waals surface area contributed by atoms with Gasteiger partial charge >= 0.3 is 0 Å². The van der Waals surface area contributed by atoms with Crippen LogP contribution in [-0.4, -0.2) is 26.6 Å². The number of nitrogens with zero attached hydrogens (tertiary/aromatic N) is 3. The van der Waals surface area contributed by atoms with E-state index < -0.39 is 23.9 Å². The third kappa shape index (κ3) is 4.38. The van der Waals surface area contributed by atoms with Gasteiger partial charge < -0.3 is 11.1 Å². The van der Waals surface area contributed by atoms with Gasteiger partial charge in [-0.1, -0.05) is 30.3 Å². The molecule has 0 aliphatic carbocycles. The Hall–Kier alpha value is -3.18. The molecule has 0 atom stereocenters. The number of thiophene rings is 1. The number of hydrogen-bond acceptors (Lipinski definition) is 5. The Balaban J connectivity index is 1.86. The van der Waals surface area contributed by atoms with Crippen LogP contribution in [0.4, 0.5) is 14.5 Å². The first-order valence-electron chi connectivity index (χ1n) is 9.77. The number of primary amides is 1. The largest absolute Gasteiger partial charge is 0.365 e. The number of nitrogens with two attached hydrogens (primary N) is 1. The predicted molar refractivity (Wildman–Crippen MR) is 127 cm³/mol. The Morgan fingerprint density at radius 3 is 2.52 bits per heavy atom. The third-order valence-corrected chi connectivity index (χ3v) is 7.31. The standard InChI is InChI=1S/C22H18BrF2N5O2S/c1-10-17(23)11(2)30(29-10)9-15(31)28-18-16-13(12-6-4-3-5-7-12)8-14(20(24)25)27-22(16)33-19(18)21(26)32/h3-8,20H,9H2,1-2H3,(H2,26,32)(H,28,31). The molecule has 0 fully saturated rings. The number of aryl methyl sites for hydroxylation is 1. The third-order valence-electron chi connectivity index (χ3n) is 5.07. The number of carbonyl (C=O) groups excluding carboxylic acids is 2. The number of anilines is 1. The lowest BCUT2D eigenvalue weighted by Gasteiger charge is -2.11. The molecular formula is C22H18BrF2N5O2S. The Labute approximate surface area is 199 Å². The highest BCUT2D eigenvalue weighted by molar-refractivity contribution is 9.10. The molecule has 7 nitrogen and oxygen atoms in total. The Morgan fingerprint density at radius 1 is 1.24 bits per heavy atom. The number of aromatic nitrogens is 3. The van der Waals surface area contributed by atoms with E-state index in [1.165, 1.54) is 10.7 Å². The molecule has 1 aromatic carbocycles. The average Bonchev–Trinajstić information content (AvgIpc) is 3.26. The highest BCUT2D eigenvalue weighted by atomic mass is 79.9. The van der Waals surface area contributed by atoms with Crippen molar-refractivity contribution >= 4 is 55.0 Å². The van der Waals surface area contributed by atoms with Gasteiger partial charge in [-0.05, 0) is 47.0 Å². The molecule has 0 unspecified atom stereocenters. The summed E-state index contributed by atoms with van der Waals surface area (Å²) in [5.74, 6) is -1.24. The number of rotatable bonds is 6. The van der Waals surface area contributed by atoms with Gasteiger partial charge in [0.2, 0.25) is 5.91 Å². The summed E-state index contributed by atoms with van der Waals surface area (Å²) >= 11 is 4.29. The molecular weight excluding hydrogens is 516 g/mol. The molecule has 0 aliphatic heterocycles. The predicted octanol–water partition coefficient (Wildman–Crippen LogP) is 5.21. The van der Waals surface area contributed by atoms with E-state index in [0.717, 1.165) is 27.2 Å². The van der Waals surface area contributed by atoms with Crippen LogP contribution in [0.1, 0.15) is 33.2 Å². The van der Waals surface area contributed by atoms with Crippen molar-refractivity contribution in [2.45, 2.75) is 26.8 Å². The molecule has 33 heavy (non-hydrogen) atoms. The number of pyridine rings is 1. The van der Waals surface area contributed by atoms with Gasteiger partial charge in [-0.3, -0.25) is 14.3 Å². The lowest BCUT2D eigenvalue weighted by atomic mass is 10.0. The molecule has 170 valence electrons. The van der Waals surface area contributed by atoms with Crippen LogP contribution in [0.15, 0.2) is 40.9 Å². The van der Waals surface area contributed by atoms with E-state index in [-0.39, 0.29) is 21.9 Å². The van der Waals surface area contributed by atoms with Crippen molar-refractivity contribution in [3.63, 3.8) is 0 Å². The van der Waals surface area contributed by atoms with Crippen LogP contribution < -0.4 is 11.1 Å². The van der Waals surface area contributed by atoms with Crippen molar-refractivity contribution in [2.24, 2.45) is 5.73 Å². The van der Waals surface area contributed by atoms with Crippen LogP contribution in [0.2, 0.25) is 0 Å². The minimum atomic E-state index is -2.81. The second-order valence-corrected chi connectivity index (χ2v) is 9.09. The maximum absolute atomic E-state index is 13.5. The normalized spacial score (nSPS) is 11.3. The maximum atomic E-state index is 13.5. The van der Waals surface area contributed by atoms with E-state index in [1.807, 2.05) is 13.8 Å². The maximum Gasteiger partial charge on any atom is 0.280 e. The van der Waals surface area contributed by atoms with Gasteiger partial charge in [0.1, 0.15) is 21.9 Å². The number of hydrogen-bond donors (Lipinski definition) is 2. The summed E-state index contributed by atoms with van der Waals surface area (Å²) in [5, 5.41) is 7.45. The SMILES string of the molecule is Cc1nn(CC(=O)Nc2c(C(N)=O)sc3nc(C(F)F)cc(-c4ccccc4)c23)c(C)c1Br. The molecule has 0 radical (unpaired) electrons. The highest BCUT2D eigenvalue weighted by Crippen LogP contribution is 2.42. The van der Waals surface area contributed by atoms with Crippen LogP contribution in [-0.2, 0) is 11.3 Å². The molecule has 0 spiro atoms. The summed E-state index contributed by atoms with van der Waals surface area (Å²) in [5.41, 5.74) is 7.84. The van der Waals surface area contributed by atoms with E-state index in [4.69, 9.17) is 5.73 Å². The molecule has 11 heteroatoms. The van der Waals surface area contributed by atoms with Crippen LogP contribution in [0.3, 0.4) is 0 Å². The smallest absolute Gasteiger partial charge is 0.280 e. The van der Waals surface area contributed by atoms with Gasteiger partial charge in [-0.25, -0.2) is 13.8 Å². The Bertz CT molecular complexity index is 1380. The second kappa shape index (κ2) is 8.99. The van der Waals surface area contributed by atoms with E-state index in [2.05, 4.69) is 31.3 Å². The van der Waals surface area contributed by atoms with Gasteiger partial charge in [0, 0.05) is 5.39 Å². The van der Waals surface area contributed by atoms with E-state index >= 15 is 0 Å². The molecule has 4 aromatic rings. The average molecular weight is 534 g/mol. The fourth-order valence-electron chi connectivity index (χ4n) is 3.51. The van der Waals surface area contributed by atoms with Crippen LogP contribution in [0.5, 0.6) is 0 Å². The van der Waals surface area contributed by atoms with Crippen molar-refractivity contribution in [3.8, 4) is 11.1 Å². The zero-order valence-corrected chi connectivity index (χ0v) is 19.9. The first-order valence-corrected chi connectivity index (χ1v) is 11.4. The van der Waals surface area contributed by atoms with Gasteiger partial charge in [0.15, 0.2) is 0 Å². The molecule has 0 saturated carbocycles. The molecule has 2 amide bonds. The van der Waals surface area contributed by atoms with Crippen molar-refractivity contribution < 1.29 is 18.4 Å². The zero-order valence-electron chi connectivity index (χ0n) is 17.5. The van der Waals surface area contributed by atoms with Crippen molar-refractivity contribution in [2.75, 3.05) is 5.32 Å². The topological polar surface area (TPSA) is 103 Å². The summed E-state index contributed by atoms with van der Waals surface area (Å²) in [6, 6.07) is 10.1. The quantitative estimate of drug-likeness (QED) is 0.354. The molecule has 0 saturated heterocycles. The fraction of sp³-hybridized carbons (Fsp3) is 0.182. The summed E-state index contributed by atoms with van der Waals surface area (Å²) in [6.45, 7) is 3.51. The first-order chi connectivity index (χ1) is 15.7. The van der Waals surface area contributed by atoms with Gasteiger partial charge in [-0.15, -0.1) is 11.3 Å². The number of fused-ring (bicyclic) bond motifs is 1. The van der Waals surface area contributed by atoms with Crippen LogP contribution in [0, 0.1) is 13.8 Å².